The first-order valence-electron chi connectivity index (χ1n) is 8.64. The number of halogens is 1. The van der Waals surface area contributed by atoms with Crippen LogP contribution in [0, 0.1) is 6.42 Å². The molecule has 0 saturated carbocycles. The molecule has 0 atom stereocenters. The number of rotatable bonds is 6. The molecule has 0 aliphatic heterocycles. The van der Waals surface area contributed by atoms with E-state index in [4.69, 9.17) is 9.47 Å². The van der Waals surface area contributed by atoms with Crippen molar-refractivity contribution in [3.05, 3.63) is 53.4 Å². The van der Waals surface area contributed by atoms with Crippen LogP contribution < -0.4 is 4.74 Å². The fourth-order valence-electron chi connectivity index (χ4n) is 2.69. The van der Waals surface area contributed by atoms with Gasteiger partial charge in [0.2, 0.25) is 0 Å². The van der Waals surface area contributed by atoms with Gasteiger partial charge in [-0.3, -0.25) is 0 Å². The first-order chi connectivity index (χ1) is 11.7. The van der Waals surface area contributed by atoms with Crippen molar-refractivity contribution in [2.24, 2.45) is 0 Å². The van der Waals surface area contributed by atoms with Gasteiger partial charge in [0.05, 0.1) is 12.7 Å². The van der Waals surface area contributed by atoms with E-state index in [1.165, 1.54) is 0 Å². The summed E-state index contributed by atoms with van der Waals surface area (Å²) in [7, 11) is 5.57. The van der Waals surface area contributed by atoms with E-state index in [0.29, 0.717) is 30.1 Å². The van der Waals surface area contributed by atoms with Gasteiger partial charge in [-0.1, -0.05) is 26.8 Å². The summed E-state index contributed by atoms with van der Waals surface area (Å²) in [6.07, 6.45) is 4.01. The molecule has 137 valence electrons. The second-order valence-corrected chi connectivity index (χ2v) is 7.55. The summed E-state index contributed by atoms with van der Waals surface area (Å²) in [4.78, 5) is 2.05. The molecule has 3 nitrogen and oxygen atoms in total. The molecule has 25 heavy (non-hydrogen) atoms. The number of nitrogens with zero attached hydrogens (tertiary/aromatic N) is 1. The summed E-state index contributed by atoms with van der Waals surface area (Å²) < 4.78 is 26.1. The number of methoxy groups -OCH3 is 1. The Labute approximate surface area is 151 Å². The lowest BCUT2D eigenvalue weighted by Crippen LogP contribution is -2.20. The van der Waals surface area contributed by atoms with Crippen molar-refractivity contribution in [2.45, 2.75) is 32.6 Å². The number of ether oxygens (including phenoxy) is 2. The summed E-state index contributed by atoms with van der Waals surface area (Å²) in [5, 5.41) is 0. The minimum Gasteiger partial charge on any atom is -0.496 e. The molecule has 0 heterocycles. The topological polar surface area (TPSA) is 21.7 Å². The van der Waals surface area contributed by atoms with Gasteiger partial charge in [0.25, 0.3) is 0 Å². The average Bonchev–Trinajstić information content (AvgIpc) is 2.53. The molecule has 0 fully saturated rings. The molecule has 0 aromatic heterocycles. The van der Waals surface area contributed by atoms with Gasteiger partial charge in [-0.05, 0) is 49.7 Å². The molecule has 0 amide bonds. The summed E-state index contributed by atoms with van der Waals surface area (Å²) in [6.45, 7) is 7.76. The molecule has 0 spiro atoms. The van der Waals surface area contributed by atoms with Crippen molar-refractivity contribution in [2.75, 3.05) is 34.4 Å². The van der Waals surface area contributed by atoms with Crippen LogP contribution in [-0.2, 0) is 10.2 Å². The van der Waals surface area contributed by atoms with E-state index in [9.17, 15) is 4.39 Å². The molecule has 0 bridgehead atoms. The van der Waals surface area contributed by atoms with Gasteiger partial charge in [-0.15, -0.1) is 0 Å². The Kier molecular flexibility index (Phi) is 6.28. The van der Waals surface area contributed by atoms with E-state index < -0.39 is 0 Å². The molecule has 1 aromatic carbocycles. The van der Waals surface area contributed by atoms with Gasteiger partial charge in [0, 0.05) is 18.5 Å². The first-order valence-corrected chi connectivity index (χ1v) is 8.64. The smallest absolute Gasteiger partial charge is 0.127 e. The summed E-state index contributed by atoms with van der Waals surface area (Å²) in [5.41, 5.74) is 2.31. The van der Waals surface area contributed by atoms with Crippen LogP contribution in [0.25, 0.3) is 5.57 Å². The van der Waals surface area contributed by atoms with Crippen LogP contribution in [0.4, 0.5) is 4.39 Å². The highest BCUT2D eigenvalue weighted by Crippen LogP contribution is 2.40. The second-order valence-electron chi connectivity index (χ2n) is 7.55. The van der Waals surface area contributed by atoms with Crippen LogP contribution >= 0.6 is 0 Å². The van der Waals surface area contributed by atoms with Crippen LogP contribution in [0.15, 0.2) is 35.9 Å². The third-order valence-electron chi connectivity index (χ3n) is 4.22. The van der Waals surface area contributed by atoms with Gasteiger partial charge in [-0.2, -0.15) is 0 Å². The Bertz CT molecular complexity index is 669. The van der Waals surface area contributed by atoms with Gasteiger partial charge in [0.1, 0.15) is 23.9 Å². The maximum absolute atomic E-state index is 14.7. The number of allylic oxidation sites excluding steroid dienone is 3. The molecule has 2 rings (SSSR count). The third kappa shape index (κ3) is 4.85. The Morgan fingerprint density at radius 3 is 2.52 bits per heavy atom. The van der Waals surface area contributed by atoms with Crippen LogP contribution in [0.2, 0.25) is 0 Å². The zero-order chi connectivity index (χ0) is 18.6. The van der Waals surface area contributed by atoms with E-state index in [-0.39, 0.29) is 11.2 Å². The summed E-state index contributed by atoms with van der Waals surface area (Å²) in [6, 6.07) is 6.01. The fourth-order valence-corrected chi connectivity index (χ4v) is 2.69. The Morgan fingerprint density at radius 1 is 1.20 bits per heavy atom. The molecule has 1 aromatic rings. The van der Waals surface area contributed by atoms with Crippen LogP contribution in [0.5, 0.6) is 5.75 Å². The highest BCUT2D eigenvalue weighted by molar-refractivity contribution is 5.84. The van der Waals surface area contributed by atoms with Crippen LogP contribution in [0.3, 0.4) is 0 Å². The predicted molar refractivity (Wildman–Crippen MR) is 101 cm³/mol. The van der Waals surface area contributed by atoms with Crippen molar-refractivity contribution in [1.29, 1.82) is 0 Å². The zero-order valence-corrected chi connectivity index (χ0v) is 16.1. The van der Waals surface area contributed by atoms with E-state index in [1.807, 2.05) is 32.3 Å². The van der Waals surface area contributed by atoms with Crippen LogP contribution in [-0.4, -0.2) is 39.3 Å². The highest BCUT2D eigenvalue weighted by Gasteiger charge is 2.24. The number of likely N-dealkylation sites (N-methyl/N-ethyl adjacent to an activating group) is 1. The summed E-state index contributed by atoms with van der Waals surface area (Å²) in [5.74, 6) is 0.977. The minimum absolute atomic E-state index is 0.0384. The lowest BCUT2D eigenvalue weighted by atomic mass is 9.84. The van der Waals surface area contributed by atoms with E-state index in [0.717, 1.165) is 17.7 Å². The zero-order valence-electron chi connectivity index (χ0n) is 16.1. The molecule has 1 aliphatic rings. The normalized spacial score (nSPS) is 15.4. The average molecular weight is 346 g/mol. The van der Waals surface area contributed by atoms with Crippen LogP contribution in [0.1, 0.15) is 38.3 Å². The van der Waals surface area contributed by atoms with Gasteiger partial charge >= 0.3 is 0 Å². The monoisotopic (exact) mass is 346 g/mol. The van der Waals surface area contributed by atoms with E-state index in [1.54, 1.807) is 13.5 Å². The maximum Gasteiger partial charge on any atom is 0.127 e. The fraction of sp³-hybridized carbons (Fsp3) is 0.476. The molecule has 0 saturated heterocycles. The van der Waals surface area contributed by atoms with Gasteiger partial charge in [-0.25, -0.2) is 4.39 Å². The largest absolute Gasteiger partial charge is 0.496 e. The van der Waals surface area contributed by atoms with E-state index in [2.05, 4.69) is 31.7 Å². The second kappa shape index (κ2) is 8.05. The lowest BCUT2D eigenvalue weighted by molar-refractivity contribution is 0.260. The number of benzene rings is 1. The molecule has 1 radical (unpaired) electrons. The molecular formula is C21H29FNO2. The maximum atomic E-state index is 14.7. The molecule has 0 unspecified atom stereocenters. The lowest BCUT2D eigenvalue weighted by Gasteiger charge is -2.24. The quantitative estimate of drug-likeness (QED) is 0.742. The SMILES string of the molecule is COC1=CC[CH]C(F)=C1c1cc(C(C)(C)C)ccc1OCCN(C)C. The van der Waals surface area contributed by atoms with E-state index >= 15 is 0 Å². The van der Waals surface area contributed by atoms with Crippen molar-refractivity contribution in [1.82, 2.24) is 4.90 Å². The third-order valence-corrected chi connectivity index (χ3v) is 4.22. The Hall–Kier alpha value is -1.81. The molecular weight excluding hydrogens is 317 g/mol. The number of hydrogen-bond donors (Lipinski definition) is 0. The number of hydrogen-bond acceptors (Lipinski definition) is 3. The molecule has 4 heteroatoms. The molecule has 0 N–H and O–H groups in total. The van der Waals surface area contributed by atoms with Gasteiger partial charge in [0.15, 0.2) is 0 Å². The van der Waals surface area contributed by atoms with Crippen molar-refractivity contribution in [3.8, 4) is 5.75 Å². The summed E-state index contributed by atoms with van der Waals surface area (Å²) >= 11 is 0. The Balaban J connectivity index is 2.49. The van der Waals surface area contributed by atoms with Crippen molar-refractivity contribution in [3.63, 3.8) is 0 Å². The first kappa shape index (κ1) is 19.5. The predicted octanol–water partition coefficient (Wildman–Crippen LogP) is 4.74. The molecule has 1 aliphatic carbocycles. The minimum atomic E-state index is -0.261. The van der Waals surface area contributed by atoms with Gasteiger partial charge < -0.3 is 14.4 Å². The van der Waals surface area contributed by atoms with Crippen molar-refractivity contribution < 1.29 is 13.9 Å². The van der Waals surface area contributed by atoms with Crippen molar-refractivity contribution >= 4 is 5.57 Å². The highest BCUT2D eigenvalue weighted by atomic mass is 19.1. The standard InChI is InChI=1S/C21H29FNO2/c1-21(2,3)15-10-11-18(25-13-12-23(4)5)16(14-15)20-17(22)8-7-9-19(20)24-6/h8-11,14H,7,12-13H2,1-6H3. The Morgan fingerprint density at radius 2 is 1.92 bits per heavy atom.